The zero-order chi connectivity index (χ0) is 15.6. The molecule has 0 radical (unpaired) electrons. The van der Waals surface area contributed by atoms with Crippen LogP contribution in [0.25, 0.3) is 0 Å². The van der Waals surface area contributed by atoms with E-state index in [0.29, 0.717) is 19.1 Å². The molecule has 0 aromatic heterocycles. The first-order valence-electron chi connectivity index (χ1n) is 7.40. The Bertz CT molecular complexity index is 598. The van der Waals surface area contributed by atoms with Gasteiger partial charge in [0.2, 0.25) is 10.0 Å². The molecule has 1 aromatic rings. The largest absolute Gasteiger partial charge is 0.310 e. The molecule has 118 valence electrons. The average Bonchev–Trinajstić information content (AvgIpc) is 3.21. The zero-order valence-electron chi connectivity index (χ0n) is 12.8. The summed E-state index contributed by atoms with van der Waals surface area (Å²) in [4.78, 5) is -0.229. The summed E-state index contributed by atoms with van der Waals surface area (Å²) in [6.07, 6.45) is 2.31. The molecule has 0 spiro atoms. The lowest BCUT2D eigenvalue weighted by Crippen LogP contribution is -2.37. The first-order chi connectivity index (χ1) is 9.86. The van der Waals surface area contributed by atoms with Gasteiger partial charge in [0.25, 0.3) is 0 Å². The summed E-state index contributed by atoms with van der Waals surface area (Å²) < 4.78 is 40.5. The molecule has 6 heteroatoms. The van der Waals surface area contributed by atoms with Crippen molar-refractivity contribution in [1.82, 2.24) is 9.62 Å². The summed E-state index contributed by atoms with van der Waals surface area (Å²) in [6, 6.07) is 4.65. The highest BCUT2D eigenvalue weighted by molar-refractivity contribution is 7.89. The molecule has 21 heavy (non-hydrogen) atoms. The van der Waals surface area contributed by atoms with E-state index in [1.165, 1.54) is 16.4 Å². The molecule has 4 nitrogen and oxygen atoms in total. The van der Waals surface area contributed by atoms with Crippen molar-refractivity contribution in [2.45, 2.75) is 57.1 Å². The van der Waals surface area contributed by atoms with Crippen LogP contribution in [0.2, 0.25) is 0 Å². The first-order valence-corrected chi connectivity index (χ1v) is 8.84. The maximum Gasteiger partial charge on any atom is 0.246 e. The second kappa shape index (κ2) is 6.42. The number of nitrogens with one attached hydrogen (secondary N) is 1. The quantitative estimate of drug-likeness (QED) is 0.841. The van der Waals surface area contributed by atoms with Crippen molar-refractivity contribution in [1.29, 1.82) is 0 Å². The van der Waals surface area contributed by atoms with Crippen LogP contribution in [0.3, 0.4) is 0 Å². The number of hydrogen-bond acceptors (Lipinski definition) is 3. The summed E-state index contributed by atoms with van der Waals surface area (Å²) in [5, 5.41) is 3.31. The van der Waals surface area contributed by atoms with E-state index in [-0.39, 0.29) is 10.9 Å². The standard InChI is InChI=1S/C15H23FN2O2S/c1-4-18(11(2)3)21(19,20)15-9-12(5-8-14(15)16)10-17-13-6-7-13/h5,8-9,11,13,17H,4,6-7,10H2,1-3H3. The van der Waals surface area contributed by atoms with Crippen molar-refractivity contribution >= 4 is 10.0 Å². The summed E-state index contributed by atoms with van der Waals surface area (Å²) in [6.45, 7) is 6.23. The van der Waals surface area contributed by atoms with Crippen LogP contribution >= 0.6 is 0 Å². The van der Waals surface area contributed by atoms with Crippen molar-refractivity contribution < 1.29 is 12.8 Å². The Morgan fingerprint density at radius 3 is 2.57 bits per heavy atom. The summed E-state index contributed by atoms with van der Waals surface area (Å²) in [5.41, 5.74) is 0.793. The SMILES string of the molecule is CCN(C(C)C)S(=O)(=O)c1cc(CNC2CC2)ccc1F. The predicted molar refractivity (Wildman–Crippen MR) is 81.0 cm³/mol. The van der Waals surface area contributed by atoms with Crippen LogP contribution in [-0.2, 0) is 16.6 Å². The van der Waals surface area contributed by atoms with E-state index < -0.39 is 15.8 Å². The Balaban J connectivity index is 2.29. The fourth-order valence-electron chi connectivity index (χ4n) is 2.34. The zero-order valence-corrected chi connectivity index (χ0v) is 13.6. The first kappa shape index (κ1) is 16.4. The van der Waals surface area contributed by atoms with Gasteiger partial charge in [-0.2, -0.15) is 4.31 Å². The molecule has 0 aliphatic heterocycles. The average molecular weight is 314 g/mol. The second-order valence-corrected chi connectivity index (χ2v) is 7.58. The fraction of sp³-hybridized carbons (Fsp3) is 0.600. The van der Waals surface area contributed by atoms with E-state index in [0.717, 1.165) is 18.4 Å². The van der Waals surface area contributed by atoms with E-state index in [1.807, 2.05) is 0 Å². The van der Waals surface area contributed by atoms with Gasteiger partial charge in [-0.3, -0.25) is 0 Å². The molecule has 1 aliphatic rings. The van der Waals surface area contributed by atoms with Gasteiger partial charge < -0.3 is 5.32 Å². The third-order valence-electron chi connectivity index (χ3n) is 3.64. The molecule has 0 bridgehead atoms. The lowest BCUT2D eigenvalue weighted by molar-refractivity contribution is 0.366. The molecule has 0 unspecified atom stereocenters. The van der Waals surface area contributed by atoms with E-state index >= 15 is 0 Å². The van der Waals surface area contributed by atoms with Crippen molar-refractivity contribution in [3.63, 3.8) is 0 Å². The second-order valence-electron chi connectivity index (χ2n) is 5.72. The van der Waals surface area contributed by atoms with Gasteiger partial charge >= 0.3 is 0 Å². The van der Waals surface area contributed by atoms with Gasteiger partial charge in [0.05, 0.1) is 0 Å². The van der Waals surface area contributed by atoms with Crippen molar-refractivity contribution in [2.24, 2.45) is 0 Å². The maximum atomic E-state index is 14.0. The minimum absolute atomic E-state index is 0.201. The molecule has 1 fully saturated rings. The van der Waals surface area contributed by atoms with Gasteiger partial charge in [0.15, 0.2) is 0 Å². The van der Waals surface area contributed by atoms with Crippen LogP contribution < -0.4 is 5.32 Å². The van der Waals surface area contributed by atoms with Gasteiger partial charge in [-0.25, -0.2) is 12.8 Å². The highest BCUT2D eigenvalue weighted by Gasteiger charge is 2.28. The van der Waals surface area contributed by atoms with E-state index in [4.69, 9.17) is 0 Å². The van der Waals surface area contributed by atoms with Crippen molar-refractivity contribution in [2.75, 3.05) is 6.54 Å². The highest BCUT2D eigenvalue weighted by Crippen LogP contribution is 2.24. The van der Waals surface area contributed by atoms with Gasteiger partial charge in [-0.15, -0.1) is 0 Å². The third-order valence-corrected chi connectivity index (χ3v) is 5.81. The summed E-state index contributed by atoms with van der Waals surface area (Å²) >= 11 is 0. The molecule has 0 atom stereocenters. The molecule has 2 rings (SSSR count). The fourth-order valence-corrected chi connectivity index (χ4v) is 4.11. The van der Waals surface area contributed by atoms with E-state index in [9.17, 15) is 12.8 Å². The minimum Gasteiger partial charge on any atom is -0.310 e. The number of rotatable bonds is 7. The number of nitrogens with zero attached hydrogens (tertiary/aromatic N) is 1. The van der Waals surface area contributed by atoms with Crippen LogP contribution in [0.1, 0.15) is 39.2 Å². The Morgan fingerprint density at radius 2 is 2.05 bits per heavy atom. The molecule has 1 saturated carbocycles. The lowest BCUT2D eigenvalue weighted by atomic mass is 10.2. The summed E-state index contributed by atoms with van der Waals surface area (Å²) in [7, 11) is -3.80. The van der Waals surface area contributed by atoms with Crippen LogP contribution in [0.15, 0.2) is 23.1 Å². The van der Waals surface area contributed by atoms with Crippen LogP contribution in [0, 0.1) is 5.82 Å². The predicted octanol–water partition coefficient (Wildman–Crippen LogP) is 2.50. The molecular formula is C15H23FN2O2S. The number of hydrogen-bond donors (Lipinski definition) is 1. The Hall–Kier alpha value is -0.980. The Kier molecular flexibility index (Phi) is 5.01. The van der Waals surface area contributed by atoms with Gasteiger partial charge in [0.1, 0.15) is 10.7 Å². The van der Waals surface area contributed by atoms with Crippen LogP contribution in [0.5, 0.6) is 0 Å². The molecule has 1 aromatic carbocycles. The minimum atomic E-state index is -3.80. The van der Waals surface area contributed by atoms with Crippen molar-refractivity contribution in [3.05, 3.63) is 29.6 Å². The molecule has 1 aliphatic carbocycles. The molecule has 1 N–H and O–H groups in total. The topological polar surface area (TPSA) is 49.4 Å². The summed E-state index contributed by atoms with van der Waals surface area (Å²) in [5.74, 6) is -0.690. The van der Waals surface area contributed by atoms with Gasteiger partial charge in [0, 0.05) is 25.2 Å². The Labute approximate surface area is 126 Å². The lowest BCUT2D eigenvalue weighted by Gasteiger charge is -2.24. The molecule has 0 saturated heterocycles. The normalized spacial score (nSPS) is 15.9. The van der Waals surface area contributed by atoms with E-state index in [2.05, 4.69) is 5.32 Å². The van der Waals surface area contributed by atoms with Crippen molar-refractivity contribution in [3.8, 4) is 0 Å². The highest BCUT2D eigenvalue weighted by atomic mass is 32.2. The molecular weight excluding hydrogens is 291 g/mol. The maximum absolute atomic E-state index is 14.0. The number of sulfonamides is 1. The van der Waals surface area contributed by atoms with E-state index in [1.54, 1.807) is 26.8 Å². The molecule has 0 heterocycles. The number of benzene rings is 1. The van der Waals surface area contributed by atoms with Gasteiger partial charge in [-0.1, -0.05) is 13.0 Å². The Morgan fingerprint density at radius 1 is 1.38 bits per heavy atom. The third kappa shape index (κ3) is 3.81. The van der Waals surface area contributed by atoms with Crippen LogP contribution in [-0.4, -0.2) is 31.4 Å². The smallest absolute Gasteiger partial charge is 0.246 e. The number of halogens is 1. The molecule has 0 amide bonds. The monoisotopic (exact) mass is 314 g/mol. The van der Waals surface area contributed by atoms with Crippen LogP contribution in [0.4, 0.5) is 4.39 Å². The van der Waals surface area contributed by atoms with Gasteiger partial charge in [-0.05, 0) is 44.4 Å².